The van der Waals surface area contributed by atoms with Gasteiger partial charge in [0.15, 0.2) is 4.96 Å². The number of benzene rings is 1. The zero-order chi connectivity index (χ0) is 14.1. The lowest BCUT2D eigenvalue weighted by Crippen LogP contribution is -2.16. The van der Waals surface area contributed by atoms with Gasteiger partial charge in [0.1, 0.15) is 12.4 Å². The van der Waals surface area contributed by atoms with E-state index in [-0.39, 0.29) is 0 Å². The number of thiazole rings is 1. The molecule has 1 N–H and O–H groups in total. The maximum absolute atomic E-state index is 5.96. The molecule has 0 unspecified atom stereocenters. The average Bonchev–Trinajstić information content (AvgIpc) is 3.09. The first-order chi connectivity index (χ1) is 10.4. The molecule has 0 saturated heterocycles. The third-order valence-corrected chi connectivity index (χ3v) is 4.42. The predicted octanol–water partition coefficient (Wildman–Crippen LogP) is 3.23. The molecule has 108 valence electrons. The highest BCUT2D eigenvalue weighted by Crippen LogP contribution is 2.23. The Labute approximate surface area is 127 Å². The molecule has 0 amide bonds. The molecular weight excluding hydrogens is 282 g/mol. The van der Waals surface area contributed by atoms with Gasteiger partial charge in [-0.25, -0.2) is 4.98 Å². The van der Waals surface area contributed by atoms with E-state index >= 15 is 0 Å². The number of ether oxygens (including phenoxy) is 1. The molecule has 0 atom stereocenters. The summed E-state index contributed by atoms with van der Waals surface area (Å²) in [5.74, 6) is 0.946. The van der Waals surface area contributed by atoms with Crippen molar-refractivity contribution in [3.63, 3.8) is 0 Å². The smallest absolute Gasteiger partial charge is 0.193 e. The fraction of sp³-hybridized carbons (Fsp3) is 0.312. The first-order valence-corrected chi connectivity index (χ1v) is 8.11. The van der Waals surface area contributed by atoms with Crippen LogP contribution >= 0.6 is 11.3 Å². The topological polar surface area (TPSA) is 38.6 Å². The summed E-state index contributed by atoms with van der Waals surface area (Å²) < 4.78 is 8.00. The van der Waals surface area contributed by atoms with Crippen molar-refractivity contribution >= 4 is 16.3 Å². The zero-order valence-corrected chi connectivity index (χ0v) is 12.5. The van der Waals surface area contributed by atoms with E-state index in [0.717, 1.165) is 22.9 Å². The Bertz CT molecular complexity index is 716. The van der Waals surface area contributed by atoms with E-state index in [0.29, 0.717) is 12.6 Å². The number of fused-ring (bicyclic) bond motifs is 1. The van der Waals surface area contributed by atoms with Gasteiger partial charge in [0.05, 0.1) is 5.69 Å². The van der Waals surface area contributed by atoms with Crippen molar-refractivity contribution in [2.45, 2.75) is 32.0 Å². The van der Waals surface area contributed by atoms with Crippen molar-refractivity contribution in [1.29, 1.82) is 0 Å². The molecule has 0 bridgehead atoms. The molecule has 5 heteroatoms. The summed E-state index contributed by atoms with van der Waals surface area (Å²) in [6.07, 6.45) is 6.64. The van der Waals surface area contributed by atoms with Gasteiger partial charge in [-0.3, -0.25) is 4.40 Å². The molecular formula is C16H17N3OS. The zero-order valence-electron chi connectivity index (χ0n) is 11.7. The van der Waals surface area contributed by atoms with E-state index in [9.17, 15) is 0 Å². The van der Waals surface area contributed by atoms with Gasteiger partial charge < -0.3 is 10.1 Å². The molecule has 4 rings (SSSR count). The molecule has 21 heavy (non-hydrogen) atoms. The van der Waals surface area contributed by atoms with Crippen molar-refractivity contribution < 1.29 is 4.74 Å². The maximum Gasteiger partial charge on any atom is 0.193 e. The monoisotopic (exact) mass is 299 g/mol. The van der Waals surface area contributed by atoms with Gasteiger partial charge in [0, 0.05) is 35.9 Å². The summed E-state index contributed by atoms with van der Waals surface area (Å²) in [6, 6.07) is 8.93. The highest BCUT2D eigenvalue weighted by Gasteiger charge is 2.20. The number of imidazole rings is 1. The fourth-order valence-corrected chi connectivity index (χ4v) is 3.05. The standard InChI is InChI=1S/C16H17N3OS/c1-2-4-15(12(3-1)9-17-13-5-6-13)20-11-14-10-19-7-8-21-16(19)18-14/h1-4,7-8,10,13,17H,5-6,9,11H2. The lowest BCUT2D eigenvalue weighted by atomic mass is 10.2. The number of nitrogens with one attached hydrogen (secondary N) is 1. The Balaban J connectivity index is 1.44. The normalized spacial score (nSPS) is 14.7. The van der Waals surface area contributed by atoms with Crippen LogP contribution in [0, 0.1) is 0 Å². The highest BCUT2D eigenvalue weighted by atomic mass is 32.1. The van der Waals surface area contributed by atoms with E-state index in [2.05, 4.69) is 22.4 Å². The number of hydrogen-bond acceptors (Lipinski definition) is 4. The van der Waals surface area contributed by atoms with Crippen molar-refractivity contribution in [1.82, 2.24) is 14.7 Å². The maximum atomic E-state index is 5.96. The van der Waals surface area contributed by atoms with Crippen LogP contribution in [-0.2, 0) is 13.2 Å². The SMILES string of the molecule is c1ccc(OCc2cn3ccsc3n2)c(CNC2CC2)c1. The number of rotatable bonds is 6. The minimum absolute atomic E-state index is 0.509. The molecule has 0 aliphatic heterocycles. The molecule has 1 aliphatic carbocycles. The van der Waals surface area contributed by atoms with Crippen molar-refractivity contribution in [3.8, 4) is 5.75 Å². The second-order valence-electron chi connectivity index (χ2n) is 5.38. The fourth-order valence-electron chi connectivity index (χ4n) is 2.33. The summed E-state index contributed by atoms with van der Waals surface area (Å²) in [5, 5.41) is 5.56. The Kier molecular flexibility index (Phi) is 3.37. The number of nitrogens with zero attached hydrogens (tertiary/aromatic N) is 2. The molecule has 1 aliphatic rings. The van der Waals surface area contributed by atoms with E-state index < -0.39 is 0 Å². The van der Waals surface area contributed by atoms with E-state index in [1.807, 2.05) is 34.3 Å². The second-order valence-corrected chi connectivity index (χ2v) is 6.25. The Hall–Kier alpha value is -1.85. The lowest BCUT2D eigenvalue weighted by molar-refractivity contribution is 0.298. The van der Waals surface area contributed by atoms with Crippen LogP contribution in [0.5, 0.6) is 5.75 Å². The van der Waals surface area contributed by atoms with E-state index in [1.54, 1.807) is 11.3 Å². The predicted molar refractivity (Wildman–Crippen MR) is 83.7 cm³/mol. The van der Waals surface area contributed by atoms with Crippen LogP contribution < -0.4 is 10.1 Å². The van der Waals surface area contributed by atoms with Gasteiger partial charge in [0.25, 0.3) is 0 Å². The molecule has 0 radical (unpaired) electrons. The Morgan fingerprint density at radius 3 is 3.10 bits per heavy atom. The third kappa shape index (κ3) is 2.94. The van der Waals surface area contributed by atoms with Crippen molar-refractivity contribution in [2.75, 3.05) is 0 Å². The largest absolute Gasteiger partial charge is 0.487 e. The minimum atomic E-state index is 0.509. The van der Waals surface area contributed by atoms with Gasteiger partial charge in [-0.2, -0.15) is 0 Å². The Morgan fingerprint density at radius 2 is 2.24 bits per heavy atom. The molecule has 2 heterocycles. The van der Waals surface area contributed by atoms with E-state index in [4.69, 9.17) is 4.74 Å². The van der Waals surface area contributed by atoms with Crippen LogP contribution in [0.25, 0.3) is 4.96 Å². The average molecular weight is 299 g/mol. The van der Waals surface area contributed by atoms with Gasteiger partial charge in [-0.05, 0) is 18.9 Å². The quantitative estimate of drug-likeness (QED) is 0.759. The molecule has 1 fully saturated rings. The van der Waals surface area contributed by atoms with Gasteiger partial charge in [0.2, 0.25) is 0 Å². The number of hydrogen-bond donors (Lipinski definition) is 1. The lowest BCUT2D eigenvalue weighted by Gasteiger charge is -2.11. The second kappa shape index (κ2) is 5.50. The van der Waals surface area contributed by atoms with Crippen molar-refractivity contribution in [2.24, 2.45) is 0 Å². The minimum Gasteiger partial charge on any atom is -0.487 e. The molecule has 2 aromatic heterocycles. The van der Waals surface area contributed by atoms with Crippen LogP contribution in [0.1, 0.15) is 24.1 Å². The summed E-state index contributed by atoms with van der Waals surface area (Å²) in [4.78, 5) is 5.55. The van der Waals surface area contributed by atoms with Gasteiger partial charge in [-0.15, -0.1) is 11.3 Å². The number of para-hydroxylation sites is 1. The molecule has 1 aromatic carbocycles. The summed E-state index contributed by atoms with van der Waals surface area (Å²) in [5.41, 5.74) is 2.18. The van der Waals surface area contributed by atoms with Gasteiger partial charge in [-0.1, -0.05) is 18.2 Å². The number of aromatic nitrogens is 2. The molecule has 3 aromatic rings. The summed E-state index contributed by atoms with van der Waals surface area (Å²) >= 11 is 1.64. The van der Waals surface area contributed by atoms with Crippen LogP contribution in [0.2, 0.25) is 0 Å². The van der Waals surface area contributed by atoms with Gasteiger partial charge >= 0.3 is 0 Å². The third-order valence-electron chi connectivity index (χ3n) is 3.65. The van der Waals surface area contributed by atoms with Crippen molar-refractivity contribution in [3.05, 3.63) is 53.3 Å². The van der Waals surface area contributed by atoms with E-state index in [1.165, 1.54) is 18.4 Å². The van der Waals surface area contributed by atoms with Crippen LogP contribution in [-0.4, -0.2) is 15.4 Å². The molecule has 0 spiro atoms. The summed E-state index contributed by atoms with van der Waals surface area (Å²) in [7, 11) is 0. The molecule has 4 nitrogen and oxygen atoms in total. The van der Waals surface area contributed by atoms with Crippen LogP contribution in [0.15, 0.2) is 42.0 Å². The van der Waals surface area contributed by atoms with Crippen LogP contribution in [0.4, 0.5) is 0 Å². The molecule has 1 saturated carbocycles. The first-order valence-electron chi connectivity index (χ1n) is 7.24. The van der Waals surface area contributed by atoms with Crippen LogP contribution in [0.3, 0.4) is 0 Å². The Morgan fingerprint density at radius 1 is 1.33 bits per heavy atom. The first kappa shape index (κ1) is 12.9. The summed E-state index contributed by atoms with van der Waals surface area (Å²) in [6.45, 7) is 1.38. The highest BCUT2D eigenvalue weighted by molar-refractivity contribution is 7.15.